The van der Waals surface area contributed by atoms with E-state index in [-0.39, 0.29) is 5.91 Å². The zero-order chi connectivity index (χ0) is 15.9. The highest BCUT2D eigenvalue weighted by molar-refractivity contribution is 9.10. The van der Waals surface area contributed by atoms with Gasteiger partial charge in [-0.2, -0.15) is 5.10 Å². The second kappa shape index (κ2) is 7.51. The van der Waals surface area contributed by atoms with Crippen LogP contribution in [-0.2, 0) is 4.79 Å². The molecule has 0 saturated heterocycles. The average Bonchev–Trinajstić information content (AvgIpc) is 2.47. The number of esters is 1. The van der Waals surface area contributed by atoms with Crippen LogP contribution in [0.2, 0.25) is 0 Å². The first-order valence-corrected chi connectivity index (χ1v) is 7.22. The molecule has 0 aliphatic heterocycles. The Kier molecular flexibility index (Phi) is 5.43. The Bertz CT molecular complexity index is 729. The third-order valence-corrected chi connectivity index (χ3v) is 3.31. The number of hydrazone groups is 1. The van der Waals surface area contributed by atoms with Gasteiger partial charge in [-0.1, -0.05) is 24.3 Å². The summed E-state index contributed by atoms with van der Waals surface area (Å²) in [6.45, 7) is 1.33. The molecule has 0 fully saturated rings. The summed E-state index contributed by atoms with van der Waals surface area (Å²) in [5, 5.41) is 3.89. The van der Waals surface area contributed by atoms with E-state index < -0.39 is 5.97 Å². The summed E-state index contributed by atoms with van der Waals surface area (Å²) in [7, 11) is 0. The molecule has 112 valence electrons. The number of nitrogens with one attached hydrogen (secondary N) is 1. The molecule has 2 aromatic carbocycles. The topological polar surface area (TPSA) is 67.8 Å². The van der Waals surface area contributed by atoms with Gasteiger partial charge in [-0.05, 0) is 45.8 Å². The molecule has 1 amide bonds. The summed E-state index contributed by atoms with van der Waals surface area (Å²) in [4.78, 5) is 22.8. The van der Waals surface area contributed by atoms with E-state index in [4.69, 9.17) is 4.74 Å². The Morgan fingerprint density at radius 3 is 2.68 bits per heavy atom. The quantitative estimate of drug-likeness (QED) is 0.394. The normalized spacial score (nSPS) is 10.5. The molecule has 0 spiro atoms. The summed E-state index contributed by atoms with van der Waals surface area (Å²) in [5.41, 5.74) is 3.64. The second-order valence-electron chi connectivity index (χ2n) is 4.35. The first kappa shape index (κ1) is 15.9. The maximum Gasteiger partial charge on any atom is 0.308 e. The van der Waals surface area contributed by atoms with Gasteiger partial charge < -0.3 is 4.74 Å². The Labute approximate surface area is 136 Å². The lowest BCUT2D eigenvalue weighted by molar-refractivity contribution is -0.131. The molecule has 6 heteroatoms. The lowest BCUT2D eigenvalue weighted by atomic mass is 10.2. The molecule has 0 aliphatic rings. The second-order valence-corrected chi connectivity index (χ2v) is 5.20. The SMILES string of the molecule is CC(=O)Oc1cccc(/C=N\NC(=O)c2ccccc2Br)c1. The number of ether oxygens (including phenoxy) is 1. The number of halogens is 1. The molecule has 0 aromatic heterocycles. The minimum Gasteiger partial charge on any atom is -0.427 e. The minimum absolute atomic E-state index is 0.320. The van der Waals surface area contributed by atoms with Crippen LogP contribution in [0, 0.1) is 0 Å². The molecule has 0 radical (unpaired) electrons. The smallest absolute Gasteiger partial charge is 0.308 e. The van der Waals surface area contributed by atoms with Gasteiger partial charge in [-0.15, -0.1) is 0 Å². The van der Waals surface area contributed by atoms with Gasteiger partial charge in [0.1, 0.15) is 5.75 Å². The van der Waals surface area contributed by atoms with Crippen molar-refractivity contribution in [3.63, 3.8) is 0 Å². The standard InChI is InChI=1S/C16H13BrN2O3/c1-11(20)22-13-6-4-5-12(9-13)10-18-19-16(21)14-7-2-3-8-15(14)17/h2-10H,1H3,(H,19,21)/b18-10-. The first-order chi connectivity index (χ1) is 10.6. The van der Waals surface area contributed by atoms with Gasteiger partial charge in [0.15, 0.2) is 0 Å². The Hall–Kier alpha value is -2.47. The van der Waals surface area contributed by atoms with Gasteiger partial charge in [0.25, 0.3) is 5.91 Å². The highest BCUT2D eigenvalue weighted by Gasteiger charge is 2.07. The lowest BCUT2D eigenvalue weighted by Gasteiger charge is -2.03. The molecule has 0 bridgehead atoms. The van der Waals surface area contributed by atoms with Crippen LogP contribution in [0.25, 0.3) is 0 Å². The largest absolute Gasteiger partial charge is 0.427 e. The lowest BCUT2D eigenvalue weighted by Crippen LogP contribution is -2.18. The van der Waals surface area contributed by atoms with Crippen LogP contribution in [0.1, 0.15) is 22.8 Å². The van der Waals surface area contributed by atoms with Crippen LogP contribution < -0.4 is 10.2 Å². The predicted octanol–water partition coefficient (Wildman–Crippen LogP) is 3.14. The van der Waals surface area contributed by atoms with E-state index in [9.17, 15) is 9.59 Å². The van der Waals surface area contributed by atoms with E-state index >= 15 is 0 Å². The molecular formula is C16H13BrN2O3. The van der Waals surface area contributed by atoms with Crippen LogP contribution in [0.5, 0.6) is 5.75 Å². The number of hydrogen-bond acceptors (Lipinski definition) is 4. The van der Waals surface area contributed by atoms with Crippen molar-refractivity contribution < 1.29 is 14.3 Å². The number of nitrogens with zero attached hydrogens (tertiary/aromatic N) is 1. The van der Waals surface area contributed by atoms with Crippen LogP contribution in [-0.4, -0.2) is 18.1 Å². The summed E-state index contributed by atoms with van der Waals surface area (Å²) in [6.07, 6.45) is 1.47. The van der Waals surface area contributed by atoms with Crippen molar-refractivity contribution in [2.45, 2.75) is 6.92 Å². The Morgan fingerprint density at radius 2 is 1.95 bits per heavy atom. The van der Waals surface area contributed by atoms with Gasteiger partial charge in [0.05, 0.1) is 11.8 Å². The van der Waals surface area contributed by atoms with Crippen molar-refractivity contribution in [2.24, 2.45) is 5.10 Å². The molecule has 0 unspecified atom stereocenters. The molecule has 22 heavy (non-hydrogen) atoms. The number of rotatable bonds is 4. The van der Waals surface area contributed by atoms with E-state index in [1.54, 1.807) is 42.5 Å². The summed E-state index contributed by atoms with van der Waals surface area (Å²) in [5.74, 6) is -0.287. The molecule has 5 nitrogen and oxygen atoms in total. The number of amides is 1. The third-order valence-electron chi connectivity index (χ3n) is 2.62. The highest BCUT2D eigenvalue weighted by atomic mass is 79.9. The van der Waals surface area contributed by atoms with Crippen molar-refractivity contribution in [1.82, 2.24) is 5.43 Å². The maximum absolute atomic E-state index is 11.9. The third kappa shape index (κ3) is 4.53. The average molecular weight is 361 g/mol. The molecule has 2 aromatic rings. The molecule has 0 saturated carbocycles. The molecule has 1 N–H and O–H groups in total. The van der Waals surface area contributed by atoms with Crippen molar-refractivity contribution in [1.29, 1.82) is 0 Å². The van der Waals surface area contributed by atoms with Gasteiger partial charge in [0, 0.05) is 11.4 Å². The number of hydrogen-bond donors (Lipinski definition) is 1. The molecule has 0 aliphatic carbocycles. The molecule has 0 atom stereocenters. The molecule has 0 heterocycles. The first-order valence-electron chi connectivity index (χ1n) is 6.42. The summed E-state index contributed by atoms with van der Waals surface area (Å²) >= 11 is 3.30. The monoisotopic (exact) mass is 360 g/mol. The number of benzene rings is 2. The maximum atomic E-state index is 11.9. The highest BCUT2D eigenvalue weighted by Crippen LogP contribution is 2.15. The fraction of sp³-hybridized carbons (Fsp3) is 0.0625. The number of carbonyl (C=O) groups is 2. The van der Waals surface area contributed by atoms with E-state index in [1.165, 1.54) is 13.1 Å². The van der Waals surface area contributed by atoms with Crippen LogP contribution in [0.4, 0.5) is 0 Å². The van der Waals surface area contributed by atoms with Crippen molar-refractivity contribution >= 4 is 34.0 Å². The van der Waals surface area contributed by atoms with Crippen molar-refractivity contribution in [2.75, 3.05) is 0 Å². The number of carbonyl (C=O) groups excluding carboxylic acids is 2. The summed E-state index contributed by atoms with van der Waals surface area (Å²) < 4.78 is 5.67. The molecule has 2 rings (SSSR count). The van der Waals surface area contributed by atoms with Gasteiger partial charge in [-0.3, -0.25) is 9.59 Å². The minimum atomic E-state index is -0.392. The van der Waals surface area contributed by atoms with Crippen LogP contribution in [0.3, 0.4) is 0 Å². The van der Waals surface area contributed by atoms with Crippen LogP contribution >= 0.6 is 15.9 Å². The fourth-order valence-electron chi connectivity index (χ4n) is 1.70. The fourth-order valence-corrected chi connectivity index (χ4v) is 2.16. The Morgan fingerprint density at radius 1 is 1.18 bits per heavy atom. The Balaban J connectivity index is 2.02. The van der Waals surface area contributed by atoms with E-state index in [2.05, 4.69) is 26.5 Å². The zero-order valence-corrected chi connectivity index (χ0v) is 13.3. The van der Waals surface area contributed by atoms with Crippen molar-refractivity contribution in [3.05, 3.63) is 64.1 Å². The van der Waals surface area contributed by atoms with Crippen molar-refractivity contribution in [3.8, 4) is 5.75 Å². The molecular weight excluding hydrogens is 348 g/mol. The van der Waals surface area contributed by atoms with Gasteiger partial charge in [-0.25, -0.2) is 5.43 Å². The van der Waals surface area contributed by atoms with Gasteiger partial charge in [0.2, 0.25) is 0 Å². The van der Waals surface area contributed by atoms with Gasteiger partial charge >= 0.3 is 5.97 Å². The van der Waals surface area contributed by atoms with E-state index in [1.807, 2.05) is 6.07 Å². The summed E-state index contributed by atoms with van der Waals surface area (Å²) in [6, 6.07) is 13.9. The van der Waals surface area contributed by atoms with Crippen LogP contribution in [0.15, 0.2) is 58.1 Å². The zero-order valence-electron chi connectivity index (χ0n) is 11.7. The predicted molar refractivity (Wildman–Crippen MR) is 87.0 cm³/mol. The van der Waals surface area contributed by atoms with E-state index in [0.717, 1.165) is 0 Å². The van der Waals surface area contributed by atoms with E-state index in [0.29, 0.717) is 21.3 Å².